The molecular formula is C26H25N3O3S. The molecule has 0 radical (unpaired) electrons. The summed E-state index contributed by atoms with van der Waals surface area (Å²) < 4.78 is 0. The van der Waals surface area contributed by atoms with Crippen molar-refractivity contribution >= 4 is 46.1 Å². The van der Waals surface area contributed by atoms with Gasteiger partial charge in [0.2, 0.25) is 17.7 Å². The number of nitrogens with one attached hydrogen (secondary N) is 1. The zero-order valence-electron chi connectivity index (χ0n) is 18.4. The number of thiophene rings is 1. The monoisotopic (exact) mass is 459 g/mol. The van der Waals surface area contributed by atoms with Crippen molar-refractivity contribution in [2.75, 3.05) is 21.7 Å². The Balaban J connectivity index is 1.38. The molecule has 2 aliphatic rings. The van der Waals surface area contributed by atoms with Crippen molar-refractivity contribution in [1.82, 2.24) is 0 Å². The summed E-state index contributed by atoms with van der Waals surface area (Å²) in [4.78, 5) is 42.9. The van der Waals surface area contributed by atoms with Gasteiger partial charge >= 0.3 is 0 Å². The summed E-state index contributed by atoms with van der Waals surface area (Å²) in [6, 6.07) is 18.8. The first-order chi connectivity index (χ1) is 16.0. The van der Waals surface area contributed by atoms with E-state index in [-0.39, 0.29) is 30.2 Å². The molecule has 3 heterocycles. The Hall–Kier alpha value is -3.45. The molecule has 168 valence electrons. The Morgan fingerprint density at radius 1 is 0.970 bits per heavy atom. The quantitative estimate of drug-likeness (QED) is 0.589. The van der Waals surface area contributed by atoms with Crippen molar-refractivity contribution in [2.24, 2.45) is 5.92 Å². The molecule has 2 aliphatic heterocycles. The molecule has 2 atom stereocenters. The summed E-state index contributed by atoms with van der Waals surface area (Å²) in [5, 5.41) is 4.96. The first kappa shape index (κ1) is 21.4. The van der Waals surface area contributed by atoms with Crippen LogP contribution in [0.25, 0.3) is 0 Å². The number of hydrogen-bond acceptors (Lipinski definition) is 4. The maximum atomic E-state index is 13.3. The van der Waals surface area contributed by atoms with E-state index in [2.05, 4.69) is 5.32 Å². The van der Waals surface area contributed by atoms with Gasteiger partial charge in [0, 0.05) is 41.3 Å². The molecule has 0 aliphatic carbocycles. The lowest BCUT2D eigenvalue weighted by Gasteiger charge is -2.27. The highest BCUT2D eigenvalue weighted by molar-refractivity contribution is 7.10. The molecule has 2 fully saturated rings. The van der Waals surface area contributed by atoms with E-state index in [0.717, 1.165) is 34.8 Å². The Kier molecular flexibility index (Phi) is 5.72. The number of amides is 3. The van der Waals surface area contributed by atoms with Crippen LogP contribution in [-0.2, 0) is 14.4 Å². The highest BCUT2D eigenvalue weighted by Crippen LogP contribution is 2.43. The van der Waals surface area contributed by atoms with Gasteiger partial charge in [-0.2, -0.15) is 0 Å². The van der Waals surface area contributed by atoms with Crippen LogP contribution in [0.5, 0.6) is 0 Å². The summed E-state index contributed by atoms with van der Waals surface area (Å²) in [6.45, 7) is 2.74. The summed E-state index contributed by atoms with van der Waals surface area (Å²) in [5.74, 6) is -0.606. The largest absolute Gasteiger partial charge is 0.326 e. The van der Waals surface area contributed by atoms with E-state index in [4.69, 9.17) is 0 Å². The second-order valence-electron chi connectivity index (χ2n) is 8.56. The molecule has 2 unspecified atom stereocenters. The number of nitrogens with zero attached hydrogens (tertiary/aromatic N) is 2. The average molecular weight is 460 g/mol. The molecule has 33 heavy (non-hydrogen) atoms. The highest BCUT2D eigenvalue weighted by atomic mass is 32.1. The van der Waals surface area contributed by atoms with E-state index in [1.54, 1.807) is 21.1 Å². The number of carbonyl (C=O) groups excluding carboxylic acids is 3. The maximum absolute atomic E-state index is 13.3. The molecule has 0 bridgehead atoms. The molecule has 6 nitrogen and oxygen atoms in total. The SMILES string of the molecule is Cc1ccc(N2C(=O)CC(C(=O)Nc3ccc(N4CCCC4=O)cc3)C2c2cccs2)cc1. The summed E-state index contributed by atoms with van der Waals surface area (Å²) in [5.41, 5.74) is 3.42. The Labute approximate surface area is 196 Å². The number of aryl methyl sites for hydroxylation is 1. The molecule has 2 aromatic carbocycles. The number of anilines is 3. The average Bonchev–Trinajstić information content (AvgIpc) is 3.55. The minimum atomic E-state index is -0.503. The van der Waals surface area contributed by atoms with Crippen molar-refractivity contribution in [1.29, 1.82) is 0 Å². The van der Waals surface area contributed by atoms with Crippen LogP contribution in [0.4, 0.5) is 17.1 Å². The van der Waals surface area contributed by atoms with Crippen LogP contribution in [0.15, 0.2) is 66.0 Å². The summed E-state index contributed by atoms with van der Waals surface area (Å²) >= 11 is 1.56. The van der Waals surface area contributed by atoms with Gasteiger partial charge in [0.15, 0.2) is 0 Å². The van der Waals surface area contributed by atoms with E-state index >= 15 is 0 Å². The molecule has 7 heteroatoms. The first-order valence-electron chi connectivity index (χ1n) is 11.1. The molecule has 2 saturated heterocycles. The molecule has 3 amide bonds. The van der Waals surface area contributed by atoms with Gasteiger partial charge in [-0.05, 0) is 61.2 Å². The van der Waals surface area contributed by atoms with Gasteiger partial charge in [-0.1, -0.05) is 23.8 Å². The van der Waals surface area contributed by atoms with Gasteiger partial charge in [0.25, 0.3) is 0 Å². The van der Waals surface area contributed by atoms with Gasteiger partial charge in [-0.3, -0.25) is 14.4 Å². The maximum Gasteiger partial charge on any atom is 0.230 e. The van der Waals surface area contributed by atoms with Crippen molar-refractivity contribution in [3.05, 3.63) is 76.5 Å². The van der Waals surface area contributed by atoms with Gasteiger partial charge in [-0.25, -0.2) is 0 Å². The smallest absolute Gasteiger partial charge is 0.230 e. The number of benzene rings is 2. The van der Waals surface area contributed by atoms with E-state index in [9.17, 15) is 14.4 Å². The lowest BCUT2D eigenvalue weighted by Crippen LogP contribution is -2.32. The number of carbonyl (C=O) groups is 3. The van der Waals surface area contributed by atoms with Crippen molar-refractivity contribution in [3.8, 4) is 0 Å². The minimum Gasteiger partial charge on any atom is -0.326 e. The third-order valence-corrected chi connectivity index (χ3v) is 7.27. The summed E-state index contributed by atoms with van der Waals surface area (Å²) in [7, 11) is 0. The standard InChI is InChI=1S/C26H25N3O3S/c1-17-6-10-20(11-7-17)29-24(31)16-21(25(29)22-4-3-15-33-22)26(32)27-18-8-12-19(13-9-18)28-14-2-5-23(28)30/h3-4,6-13,15,21,25H,2,5,14,16H2,1H3,(H,27,32). The third-order valence-electron chi connectivity index (χ3n) is 6.33. The van der Waals surface area contributed by atoms with E-state index in [0.29, 0.717) is 12.1 Å². The fraction of sp³-hybridized carbons (Fsp3) is 0.269. The molecule has 1 aromatic heterocycles. The topological polar surface area (TPSA) is 69.7 Å². The minimum absolute atomic E-state index is 0.0553. The predicted molar refractivity (Wildman–Crippen MR) is 130 cm³/mol. The van der Waals surface area contributed by atoms with E-state index < -0.39 is 5.92 Å². The van der Waals surface area contributed by atoms with E-state index in [1.165, 1.54) is 0 Å². The van der Waals surface area contributed by atoms with Crippen LogP contribution in [0.2, 0.25) is 0 Å². The van der Waals surface area contributed by atoms with Gasteiger partial charge < -0.3 is 15.1 Å². The lowest BCUT2D eigenvalue weighted by atomic mass is 9.97. The Morgan fingerprint density at radius 3 is 2.33 bits per heavy atom. The fourth-order valence-corrected chi connectivity index (χ4v) is 5.53. The molecule has 0 saturated carbocycles. The van der Waals surface area contributed by atoms with Gasteiger partial charge in [0.05, 0.1) is 12.0 Å². The van der Waals surface area contributed by atoms with Gasteiger partial charge in [0.1, 0.15) is 0 Å². The second-order valence-corrected chi connectivity index (χ2v) is 9.53. The lowest BCUT2D eigenvalue weighted by molar-refractivity contribution is -0.122. The highest BCUT2D eigenvalue weighted by Gasteiger charge is 2.45. The van der Waals surface area contributed by atoms with E-state index in [1.807, 2.05) is 73.0 Å². The summed E-state index contributed by atoms with van der Waals surface area (Å²) in [6.07, 6.45) is 1.60. The molecule has 0 spiro atoms. The molecule has 1 N–H and O–H groups in total. The third kappa shape index (κ3) is 4.16. The molecule has 3 aromatic rings. The van der Waals surface area contributed by atoms with Crippen LogP contribution < -0.4 is 15.1 Å². The second kappa shape index (κ2) is 8.83. The number of rotatable bonds is 5. The normalized spacial score (nSPS) is 20.5. The van der Waals surface area contributed by atoms with Crippen LogP contribution >= 0.6 is 11.3 Å². The number of hydrogen-bond donors (Lipinski definition) is 1. The van der Waals surface area contributed by atoms with Crippen LogP contribution in [0, 0.1) is 12.8 Å². The Morgan fingerprint density at radius 2 is 1.70 bits per heavy atom. The van der Waals surface area contributed by atoms with Crippen LogP contribution in [-0.4, -0.2) is 24.3 Å². The van der Waals surface area contributed by atoms with Crippen molar-refractivity contribution < 1.29 is 14.4 Å². The zero-order chi connectivity index (χ0) is 22.9. The predicted octanol–water partition coefficient (Wildman–Crippen LogP) is 4.92. The van der Waals surface area contributed by atoms with Crippen LogP contribution in [0.1, 0.15) is 35.7 Å². The van der Waals surface area contributed by atoms with Crippen LogP contribution in [0.3, 0.4) is 0 Å². The Bertz CT molecular complexity index is 1170. The fourth-order valence-electron chi connectivity index (χ4n) is 4.65. The molecular weight excluding hydrogens is 434 g/mol. The molecule has 5 rings (SSSR count). The van der Waals surface area contributed by atoms with Gasteiger partial charge in [-0.15, -0.1) is 11.3 Å². The van der Waals surface area contributed by atoms with Crippen molar-refractivity contribution in [3.63, 3.8) is 0 Å². The van der Waals surface area contributed by atoms with Crippen molar-refractivity contribution in [2.45, 2.75) is 32.2 Å². The zero-order valence-corrected chi connectivity index (χ0v) is 19.2. The first-order valence-corrected chi connectivity index (χ1v) is 12.0.